The van der Waals surface area contributed by atoms with Crippen molar-refractivity contribution in [3.63, 3.8) is 0 Å². The standard InChI is InChI=1S/C13H14N2O5S/c1-15-10(7-9(14-15)13(16)17)8-5-4-6-11(20-2)12(8)21(3,18)19/h4-7H,1-3H3,(H,16,17). The Balaban J connectivity index is 2.79. The van der Waals surface area contributed by atoms with Crippen molar-refractivity contribution in [3.8, 4) is 17.0 Å². The predicted octanol–water partition coefficient (Wildman–Crippen LogP) is 1.20. The molecule has 7 nitrogen and oxygen atoms in total. The number of hydrogen-bond donors (Lipinski definition) is 1. The fraction of sp³-hybridized carbons (Fsp3) is 0.231. The summed E-state index contributed by atoms with van der Waals surface area (Å²) in [5.74, 6) is -0.978. The highest BCUT2D eigenvalue weighted by molar-refractivity contribution is 7.91. The largest absolute Gasteiger partial charge is 0.495 e. The van der Waals surface area contributed by atoms with Gasteiger partial charge in [0, 0.05) is 18.9 Å². The maximum absolute atomic E-state index is 12.0. The van der Waals surface area contributed by atoms with Crippen molar-refractivity contribution in [1.82, 2.24) is 9.78 Å². The average Bonchev–Trinajstić information content (AvgIpc) is 2.79. The fourth-order valence-electron chi connectivity index (χ4n) is 2.08. The summed E-state index contributed by atoms with van der Waals surface area (Å²) in [5.41, 5.74) is 0.570. The van der Waals surface area contributed by atoms with Gasteiger partial charge >= 0.3 is 5.97 Å². The maximum atomic E-state index is 12.0. The molecule has 0 bridgehead atoms. The van der Waals surface area contributed by atoms with Crippen LogP contribution in [0, 0.1) is 0 Å². The molecule has 2 aromatic rings. The number of aromatic nitrogens is 2. The molecule has 0 unspecified atom stereocenters. The number of ether oxygens (including phenoxy) is 1. The van der Waals surface area contributed by atoms with Crippen LogP contribution < -0.4 is 4.74 Å². The van der Waals surface area contributed by atoms with Crippen LogP contribution in [0.5, 0.6) is 5.75 Å². The van der Waals surface area contributed by atoms with Crippen molar-refractivity contribution in [1.29, 1.82) is 0 Å². The fourth-order valence-corrected chi connectivity index (χ4v) is 3.17. The molecular weight excluding hydrogens is 296 g/mol. The zero-order valence-electron chi connectivity index (χ0n) is 11.7. The van der Waals surface area contributed by atoms with E-state index in [1.54, 1.807) is 19.2 Å². The second kappa shape index (κ2) is 5.21. The smallest absolute Gasteiger partial charge is 0.356 e. The molecule has 0 aliphatic heterocycles. The van der Waals surface area contributed by atoms with E-state index in [1.807, 2.05) is 0 Å². The zero-order valence-corrected chi connectivity index (χ0v) is 12.5. The Labute approximate surface area is 121 Å². The Morgan fingerprint density at radius 1 is 1.38 bits per heavy atom. The summed E-state index contributed by atoms with van der Waals surface area (Å²) < 4.78 is 30.5. The van der Waals surface area contributed by atoms with Gasteiger partial charge in [-0.1, -0.05) is 12.1 Å². The highest BCUT2D eigenvalue weighted by atomic mass is 32.2. The lowest BCUT2D eigenvalue weighted by Crippen LogP contribution is -2.05. The van der Waals surface area contributed by atoms with E-state index in [0.717, 1.165) is 6.26 Å². The average molecular weight is 310 g/mol. The van der Waals surface area contributed by atoms with Gasteiger partial charge in [-0.25, -0.2) is 13.2 Å². The molecule has 0 spiro atoms. The van der Waals surface area contributed by atoms with Gasteiger partial charge in [-0.05, 0) is 12.1 Å². The molecule has 0 aliphatic rings. The zero-order chi connectivity index (χ0) is 15.8. The number of methoxy groups -OCH3 is 1. The monoisotopic (exact) mass is 310 g/mol. The molecule has 1 N–H and O–H groups in total. The Hall–Kier alpha value is -2.35. The molecule has 0 aliphatic carbocycles. The number of sulfone groups is 1. The molecule has 0 amide bonds. The van der Waals surface area contributed by atoms with Gasteiger partial charge < -0.3 is 9.84 Å². The summed E-state index contributed by atoms with van der Waals surface area (Å²) in [4.78, 5) is 11.0. The molecule has 21 heavy (non-hydrogen) atoms. The summed E-state index contributed by atoms with van der Waals surface area (Å²) >= 11 is 0. The molecule has 0 radical (unpaired) electrons. The molecule has 8 heteroatoms. The van der Waals surface area contributed by atoms with Crippen molar-refractivity contribution in [2.24, 2.45) is 7.05 Å². The van der Waals surface area contributed by atoms with Gasteiger partial charge in [-0.15, -0.1) is 0 Å². The van der Waals surface area contributed by atoms with Crippen LogP contribution in [-0.2, 0) is 16.9 Å². The Bertz CT molecular complexity index is 808. The van der Waals surface area contributed by atoms with Gasteiger partial charge in [0.1, 0.15) is 10.6 Å². The Kier molecular flexibility index (Phi) is 3.73. The highest BCUT2D eigenvalue weighted by Gasteiger charge is 2.23. The first-order chi connectivity index (χ1) is 9.75. The molecule has 1 heterocycles. The van der Waals surface area contributed by atoms with Gasteiger partial charge in [0.15, 0.2) is 15.5 Å². The van der Waals surface area contributed by atoms with Crippen LogP contribution in [0.2, 0.25) is 0 Å². The lowest BCUT2D eigenvalue weighted by atomic mass is 10.1. The second-order valence-electron chi connectivity index (χ2n) is 4.45. The second-order valence-corrected chi connectivity index (χ2v) is 6.41. The van der Waals surface area contributed by atoms with E-state index in [4.69, 9.17) is 9.84 Å². The summed E-state index contributed by atoms with van der Waals surface area (Å²) in [6, 6.07) is 6.08. The van der Waals surface area contributed by atoms with E-state index in [2.05, 4.69) is 5.10 Å². The van der Waals surface area contributed by atoms with Crippen molar-refractivity contribution < 1.29 is 23.1 Å². The maximum Gasteiger partial charge on any atom is 0.356 e. The van der Waals surface area contributed by atoms with Crippen LogP contribution in [0.4, 0.5) is 0 Å². The molecule has 1 aromatic carbocycles. The molecule has 0 fully saturated rings. The van der Waals surface area contributed by atoms with Crippen molar-refractivity contribution in [2.45, 2.75) is 4.90 Å². The first kappa shape index (κ1) is 15.0. The van der Waals surface area contributed by atoms with Crippen molar-refractivity contribution >= 4 is 15.8 Å². The van der Waals surface area contributed by atoms with E-state index in [9.17, 15) is 13.2 Å². The van der Waals surface area contributed by atoms with Crippen LogP contribution in [0.3, 0.4) is 0 Å². The molecule has 0 atom stereocenters. The third-order valence-corrected chi connectivity index (χ3v) is 4.11. The molecular formula is C13H14N2O5S. The Morgan fingerprint density at radius 2 is 2.05 bits per heavy atom. The molecule has 0 saturated heterocycles. The van der Waals surface area contributed by atoms with Crippen molar-refractivity contribution in [3.05, 3.63) is 30.0 Å². The van der Waals surface area contributed by atoms with Crippen LogP contribution in [0.1, 0.15) is 10.5 Å². The number of benzene rings is 1. The summed E-state index contributed by atoms with van der Waals surface area (Å²) in [6.07, 6.45) is 1.07. The minimum absolute atomic E-state index is 0.00689. The number of hydrogen-bond acceptors (Lipinski definition) is 5. The van der Waals surface area contributed by atoms with Crippen LogP contribution in [-0.4, -0.2) is 42.6 Å². The number of aromatic carboxylic acids is 1. The lowest BCUT2D eigenvalue weighted by molar-refractivity contribution is 0.0689. The number of carbonyl (C=O) groups is 1. The number of rotatable bonds is 4. The third-order valence-electron chi connectivity index (χ3n) is 2.94. The lowest BCUT2D eigenvalue weighted by Gasteiger charge is -2.12. The van der Waals surface area contributed by atoms with Gasteiger partial charge in [-0.2, -0.15) is 5.10 Å². The van der Waals surface area contributed by atoms with Crippen LogP contribution in [0.15, 0.2) is 29.2 Å². The molecule has 0 saturated carbocycles. The topological polar surface area (TPSA) is 98.5 Å². The molecule has 112 valence electrons. The van der Waals surface area contributed by atoms with E-state index in [0.29, 0.717) is 11.3 Å². The number of nitrogens with zero attached hydrogens (tertiary/aromatic N) is 2. The normalized spacial score (nSPS) is 11.4. The van der Waals surface area contributed by atoms with E-state index >= 15 is 0 Å². The minimum atomic E-state index is -3.57. The SMILES string of the molecule is COc1cccc(-c2cc(C(=O)O)nn2C)c1S(C)(=O)=O. The predicted molar refractivity (Wildman–Crippen MR) is 75.3 cm³/mol. The summed E-state index contributed by atoms with van der Waals surface area (Å²) in [7, 11) is -0.642. The van der Waals surface area contributed by atoms with Crippen LogP contribution >= 0.6 is 0 Å². The van der Waals surface area contributed by atoms with E-state index in [-0.39, 0.29) is 16.3 Å². The van der Waals surface area contributed by atoms with Crippen molar-refractivity contribution in [2.75, 3.05) is 13.4 Å². The van der Waals surface area contributed by atoms with Gasteiger partial charge in [0.25, 0.3) is 0 Å². The summed E-state index contributed by atoms with van der Waals surface area (Å²) in [6.45, 7) is 0. The quantitative estimate of drug-likeness (QED) is 0.911. The first-order valence-electron chi connectivity index (χ1n) is 5.90. The Morgan fingerprint density at radius 3 is 2.52 bits per heavy atom. The van der Waals surface area contributed by atoms with Crippen LogP contribution in [0.25, 0.3) is 11.3 Å². The third kappa shape index (κ3) is 2.75. The van der Waals surface area contributed by atoms with Gasteiger partial charge in [0.05, 0.1) is 12.8 Å². The number of carboxylic acid groups (broad SMARTS) is 1. The van der Waals surface area contributed by atoms with E-state index < -0.39 is 15.8 Å². The first-order valence-corrected chi connectivity index (χ1v) is 7.79. The molecule has 2 rings (SSSR count). The number of carboxylic acids is 1. The number of aryl methyl sites for hydroxylation is 1. The summed E-state index contributed by atoms with van der Waals surface area (Å²) in [5, 5.41) is 12.8. The minimum Gasteiger partial charge on any atom is -0.495 e. The van der Waals surface area contributed by atoms with Gasteiger partial charge in [0.2, 0.25) is 0 Å². The highest BCUT2D eigenvalue weighted by Crippen LogP contribution is 2.34. The molecule has 1 aromatic heterocycles. The van der Waals surface area contributed by atoms with E-state index in [1.165, 1.54) is 23.9 Å². The van der Waals surface area contributed by atoms with Gasteiger partial charge in [-0.3, -0.25) is 4.68 Å².